The van der Waals surface area contributed by atoms with E-state index in [9.17, 15) is 20.1 Å². The average Bonchev–Trinajstić information content (AvgIpc) is 3.16. The molecule has 0 aliphatic carbocycles. The molecule has 0 heterocycles. The van der Waals surface area contributed by atoms with Gasteiger partial charge in [0.15, 0.2) is 0 Å². The fourth-order valence-corrected chi connectivity index (χ4v) is 7.81. The van der Waals surface area contributed by atoms with E-state index in [4.69, 9.17) is 0 Å². The van der Waals surface area contributed by atoms with E-state index in [0.717, 1.165) is 25.7 Å². The van der Waals surface area contributed by atoms with E-state index in [-0.39, 0.29) is 18.9 Å². The Labute approximate surface area is 338 Å². The highest BCUT2D eigenvalue weighted by Crippen LogP contribution is 2.17. The number of unbranched alkanes of at least 4 members (excludes halogenated alkanes) is 36. The molecule has 0 aromatic heterocycles. The van der Waals surface area contributed by atoms with E-state index in [0.29, 0.717) is 6.42 Å². The summed E-state index contributed by atoms with van der Waals surface area (Å²) in [6.07, 6.45) is 53.7. The lowest BCUT2D eigenvalue weighted by atomic mass is 10.0. The maximum Gasteiger partial charge on any atom is 0.222 e. The molecule has 0 fully saturated rings. The van der Waals surface area contributed by atoms with Crippen molar-refractivity contribution in [3.8, 4) is 0 Å². The lowest BCUT2D eigenvalue weighted by Gasteiger charge is -2.21. The van der Waals surface area contributed by atoms with Crippen molar-refractivity contribution in [2.75, 3.05) is 6.61 Å². The molecule has 0 spiro atoms. The van der Waals surface area contributed by atoms with Crippen LogP contribution in [0.25, 0.3) is 0 Å². The van der Waals surface area contributed by atoms with Crippen LogP contribution in [-0.4, -0.2) is 46.1 Å². The van der Waals surface area contributed by atoms with Crippen LogP contribution >= 0.6 is 0 Å². The maximum atomic E-state index is 12.5. The number of aliphatic hydroxyl groups is 3. The van der Waals surface area contributed by atoms with Crippen LogP contribution in [0.3, 0.4) is 0 Å². The van der Waals surface area contributed by atoms with E-state index >= 15 is 0 Å². The Bertz CT molecular complexity index is 758. The molecule has 3 atom stereocenters. The second kappa shape index (κ2) is 44.8. The van der Waals surface area contributed by atoms with Crippen molar-refractivity contribution in [1.82, 2.24) is 5.32 Å². The number of allylic oxidation sites excluding steroid dienone is 1. The summed E-state index contributed by atoms with van der Waals surface area (Å²) in [4.78, 5) is 12.5. The number of aliphatic hydroxyl groups excluding tert-OH is 3. The van der Waals surface area contributed by atoms with Crippen molar-refractivity contribution in [1.29, 1.82) is 0 Å². The van der Waals surface area contributed by atoms with Crippen molar-refractivity contribution in [2.24, 2.45) is 0 Å². The third-order valence-corrected chi connectivity index (χ3v) is 11.6. The third kappa shape index (κ3) is 40.7. The van der Waals surface area contributed by atoms with E-state index in [1.807, 2.05) is 6.08 Å². The minimum Gasteiger partial charge on any atom is -0.394 e. The van der Waals surface area contributed by atoms with Crippen molar-refractivity contribution in [3.05, 3.63) is 12.2 Å². The number of hydrogen-bond donors (Lipinski definition) is 4. The Morgan fingerprint density at radius 3 is 1.07 bits per heavy atom. The van der Waals surface area contributed by atoms with Crippen LogP contribution in [0.15, 0.2) is 12.2 Å². The van der Waals surface area contributed by atoms with Gasteiger partial charge in [-0.3, -0.25) is 4.79 Å². The second-order valence-corrected chi connectivity index (χ2v) is 17.1. The van der Waals surface area contributed by atoms with Crippen molar-refractivity contribution < 1.29 is 20.1 Å². The number of rotatable bonds is 45. The Morgan fingerprint density at radius 1 is 0.463 bits per heavy atom. The molecular formula is C49H97NO4. The van der Waals surface area contributed by atoms with Gasteiger partial charge in [-0.25, -0.2) is 0 Å². The first kappa shape index (κ1) is 53.1. The summed E-state index contributed by atoms with van der Waals surface area (Å²) in [6.45, 7) is 4.24. The quantitative estimate of drug-likeness (QED) is 0.0367. The summed E-state index contributed by atoms with van der Waals surface area (Å²) in [5.41, 5.74) is 0. The topological polar surface area (TPSA) is 89.8 Å². The molecule has 5 heteroatoms. The predicted octanol–water partition coefficient (Wildman–Crippen LogP) is 14.4. The van der Waals surface area contributed by atoms with E-state index in [1.165, 1.54) is 218 Å². The Hall–Kier alpha value is -0.910. The summed E-state index contributed by atoms with van der Waals surface area (Å²) in [5, 5.41) is 33.3. The number of carbonyl (C=O) groups excluding carboxylic acids is 1. The molecule has 0 saturated heterocycles. The molecule has 0 bridgehead atoms. The Kier molecular flexibility index (Phi) is 44.0. The molecule has 0 radical (unpaired) electrons. The number of hydrogen-bond acceptors (Lipinski definition) is 4. The number of carbonyl (C=O) groups is 1. The zero-order valence-corrected chi connectivity index (χ0v) is 36.6. The van der Waals surface area contributed by atoms with Crippen molar-refractivity contribution >= 4 is 5.91 Å². The summed E-state index contributed by atoms with van der Waals surface area (Å²) in [7, 11) is 0. The molecule has 0 rings (SSSR count). The van der Waals surface area contributed by atoms with Gasteiger partial charge in [-0.1, -0.05) is 257 Å². The first-order valence-electron chi connectivity index (χ1n) is 24.5. The molecule has 322 valence electrons. The lowest BCUT2D eigenvalue weighted by Crippen LogP contribution is -2.45. The first-order valence-corrected chi connectivity index (χ1v) is 24.5. The fraction of sp³-hybridized carbons (Fsp3) is 0.939. The average molecular weight is 764 g/mol. The molecule has 0 aliphatic heterocycles. The van der Waals surface area contributed by atoms with Gasteiger partial charge in [-0.15, -0.1) is 0 Å². The normalized spacial score (nSPS) is 13.5. The third-order valence-electron chi connectivity index (χ3n) is 11.6. The summed E-state index contributed by atoms with van der Waals surface area (Å²) in [5.74, 6) is -0.310. The first-order chi connectivity index (χ1) is 26.5. The van der Waals surface area contributed by atoms with Crippen LogP contribution in [0.5, 0.6) is 0 Å². The van der Waals surface area contributed by atoms with Gasteiger partial charge in [0.2, 0.25) is 5.91 Å². The van der Waals surface area contributed by atoms with Crippen LogP contribution in [0.4, 0.5) is 0 Å². The van der Waals surface area contributed by atoms with Crippen LogP contribution in [0.2, 0.25) is 0 Å². The van der Waals surface area contributed by atoms with Gasteiger partial charge in [-0.2, -0.15) is 0 Å². The van der Waals surface area contributed by atoms with Gasteiger partial charge in [0.1, 0.15) is 0 Å². The summed E-state index contributed by atoms with van der Waals surface area (Å²) < 4.78 is 0. The van der Waals surface area contributed by atoms with E-state index in [2.05, 4.69) is 19.2 Å². The predicted molar refractivity (Wildman–Crippen MR) is 236 cm³/mol. The van der Waals surface area contributed by atoms with Crippen molar-refractivity contribution in [2.45, 2.75) is 289 Å². The largest absolute Gasteiger partial charge is 0.394 e. The zero-order chi connectivity index (χ0) is 39.4. The van der Waals surface area contributed by atoms with Gasteiger partial charge in [0, 0.05) is 0 Å². The van der Waals surface area contributed by atoms with Crippen LogP contribution in [0, 0.1) is 0 Å². The van der Waals surface area contributed by atoms with Gasteiger partial charge in [-0.05, 0) is 19.3 Å². The van der Waals surface area contributed by atoms with Crippen LogP contribution < -0.4 is 5.32 Å². The standard InChI is InChI=1S/C49H97NO4/c1-3-5-7-9-11-13-15-17-19-20-21-22-23-24-25-26-27-29-30-32-34-36-38-40-42-46(52)44-49(54)50-47(45-51)48(53)43-41-39-37-35-33-31-28-18-16-14-12-10-8-6-4-2/h41,43,46-48,51-53H,3-40,42,44-45H2,1-2H3,(H,50,54)/b43-41+. The molecule has 4 N–H and O–H groups in total. The van der Waals surface area contributed by atoms with Gasteiger partial charge >= 0.3 is 0 Å². The highest BCUT2D eigenvalue weighted by atomic mass is 16.3. The second-order valence-electron chi connectivity index (χ2n) is 17.1. The molecule has 3 unspecified atom stereocenters. The summed E-state index contributed by atoms with van der Waals surface area (Å²) in [6, 6.07) is -0.739. The van der Waals surface area contributed by atoms with Crippen LogP contribution in [0.1, 0.15) is 271 Å². The monoisotopic (exact) mass is 764 g/mol. The molecule has 54 heavy (non-hydrogen) atoms. The molecule has 0 saturated carbocycles. The molecular weight excluding hydrogens is 667 g/mol. The molecule has 0 aliphatic rings. The number of amides is 1. The highest BCUT2D eigenvalue weighted by molar-refractivity contribution is 5.76. The minimum absolute atomic E-state index is 0.0191. The van der Waals surface area contributed by atoms with Crippen LogP contribution in [-0.2, 0) is 4.79 Å². The highest BCUT2D eigenvalue weighted by Gasteiger charge is 2.20. The maximum absolute atomic E-state index is 12.5. The fourth-order valence-electron chi connectivity index (χ4n) is 7.81. The lowest BCUT2D eigenvalue weighted by molar-refractivity contribution is -0.124. The molecule has 1 amide bonds. The Balaban J connectivity index is 3.56. The minimum atomic E-state index is -0.924. The van der Waals surface area contributed by atoms with E-state index < -0.39 is 18.2 Å². The summed E-state index contributed by atoms with van der Waals surface area (Å²) >= 11 is 0. The van der Waals surface area contributed by atoms with Gasteiger partial charge in [0.05, 0.1) is 31.3 Å². The molecule has 5 nitrogen and oxygen atoms in total. The molecule has 0 aromatic rings. The van der Waals surface area contributed by atoms with Crippen molar-refractivity contribution in [3.63, 3.8) is 0 Å². The smallest absolute Gasteiger partial charge is 0.222 e. The van der Waals surface area contributed by atoms with E-state index in [1.54, 1.807) is 6.08 Å². The number of nitrogens with one attached hydrogen (secondary N) is 1. The SMILES string of the molecule is CCCCCCCCCCCCCCC/C=C/C(O)C(CO)NC(=O)CC(O)CCCCCCCCCCCCCCCCCCCCCCCCCC. The van der Waals surface area contributed by atoms with Gasteiger partial charge < -0.3 is 20.6 Å². The van der Waals surface area contributed by atoms with Gasteiger partial charge in [0.25, 0.3) is 0 Å². The Morgan fingerprint density at radius 2 is 0.759 bits per heavy atom. The molecule has 0 aromatic carbocycles. The zero-order valence-electron chi connectivity index (χ0n) is 36.6.